The first-order valence-electron chi connectivity index (χ1n) is 9.31. The molecule has 0 amide bonds. The molecule has 0 aliphatic rings. The largest absolute Gasteiger partial charge is 0.0651 e. The molecule has 0 aliphatic heterocycles. The maximum Gasteiger partial charge on any atom is -0.0188 e. The highest BCUT2D eigenvalue weighted by Crippen LogP contribution is 2.25. The van der Waals surface area contributed by atoms with Gasteiger partial charge in [-0.2, -0.15) is 0 Å². The van der Waals surface area contributed by atoms with E-state index in [1.54, 1.807) is 0 Å². The summed E-state index contributed by atoms with van der Waals surface area (Å²) in [6.07, 6.45) is 7.53. The monoisotopic (exact) mass is 308 g/mol. The van der Waals surface area contributed by atoms with Crippen molar-refractivity contribution in [2.24, 2.45) is 5.92 Å². The first kappa shape index (κ1) is 17.8. The molecule has 0 heteroatoms. The van der Waals surface area contributed by atoms with Crippen LogP contribution in [-0.2, 0) is 12.8 Å². The van der Waals surface area contributed by atoms with E-state index in [9.17, 15) is 0 Å². The predicted molar refractivity (Wildman–Crippen MR) is 102 cm³/mol. The number of benzene rings is 2. The number of unbranched alkanes of at least 4 members (excludes halogenated alkanes) is 1. The molecule has 0 nitrogen and oxygen atoms in total. The van der Waals surface area contributed by atoms with Crippen LogP contribution in [0.5, 0.6) is 0 Å². The topological polar surface area (TPSA) is 0 Å². The van der Waals surface area contributed by atoms with Crippen LogP contribution in [0.1, 0.15) is 69.1 Å². The van der Waals surface area contributed by atoms with E-state index in [-0.39, 0.29) is 0 Å². The van der Waals surface area contributed by atoms with Gasteiger partial charge in [0, 0.05) is 0 Å². The second kappa shape index (κ2) is 9.55. The van der Waals surface area contributed by atoms with E-state index in [1.165, 1.54) is 55.2 Å². The van der Waals surface area contributed by atoms with Gasteiger partial charge >= 0.3 is 0 Å². The van der Waals surface area contributed by atoms with Crippen LogP contribution >= 0.6 is 0 Å². The molecule has 0 bridgehead atoms. The van der Waals surface area contributed by atoms with Gasteiger partial charge in [-0.3, -0.25) is 0 Å². The Morgan fingerprint density at radius 3 is 1.87 bits per heavy atom. The highest BCUT2D eigenvalue weighted by molar-refractivity contribution is 5.25. The van der Waals surface area contributed by atoms with Gasteiger partial charge in [-0.1, -0.05) is 81.8 Å². The normalized spacial score (nSPS) is 13.7. The smallest absolute Gasteiger partial charge is 0.0188 e. The van der Waals surface area contributed by atoms with Gasteiger partial charge in [-0.05, 0) is 60.6 Å². The second-order valence-electron chi connectivity index (χ2n) is 7.08. The minimum absolute atomic E-state index is 0.678. The summed E-state index contributed by atoms with van der Waals surface area (Å²) >= 11 is 0. The molecule has 0 N–H and O–H groups in total. The average molecular weight is 309 g/mol. The van der Waals surface area contributed by atoms with Crippen LogP contribution in [0.25, 0.3) is 0 Å². The molecular weight excluding hydrogens is 276 g/mol. The van der Waals surface area contributed by atoms with Gasteiger partial charge in [0.1, 0.15) is 0 Å². The molecule has 2 aromatic carbocycles. The summed E-state index contributed by atoms with van der Waals surface area (Å²) < 4.78 is 0. The summed E-state index contributed by atoms with van der Waals surface area (Å²) in [6, 6.07) is 20.2. The third-order valence-electron chi connectivity index (χ3n) is 5.03. The van der Waals surface area contributed by atoms with Crippen LogP contribution in [0, 0.1) is 5.92 Å². The molecule has 0 fully saturated rings. The van der Waals surface area contributed by atoms with Crippen molar-refractivity contribution in [3.8, 4) is 0 Å². The summed E-state index contributed by atoms with van der Waals surface area (Å²) in [4.78, 5) is 0. The van der Waals surface area contributed by atoms with Gasteiger partial charge in [-0.15, -0.1) is 0 Å². The van der Waals surface area contributed by atoms with E-state index in [0.717, 1.165) is 5.92 Å². The molecule has 0 saturated carbocycles. The third-order valence-corrected chi connectivity index (χ3v) is 5.03. The molecule has 0 aromatic heterocycles. The minimum atomic E-state index is 0.678. The number of aryl methyl sites for hydroxylation is 2. The molecule has 0 aliphatic carbocycles. The zero-order valence-corrected chi connectivity index (χ0v) is 15.1. The summed E-state index contributed by atoms with van der Waals surface area (Å²) in [7, 11) is 0. The molecule has 0 spiro atoms. The van der Waals surface area contributed by atoms with Crippen molar-refractivity contribution in [3.05, 3.63) is 71.3 Å². The van der Waals surface area contributed by atoms with Gasteiger partial charge < -0.3 is 0 Å². The molecular formula is C23H32. The molecule has 2 aromatic rings. The van der Waals surface area contributed by atoms with Crippen molar-refractivity contribution in [1.29, 1.82) is 0 Å². The Labute approximate surface area is 143 Å². The van der Waals surface area contributed by atoms with Crippen molar-refractivity contribution in [1.82, 2.24) is 0 Å². The lowest BCUT2D eigenvalue weighted by molar-refractivity contribution is 0.471. The predicted octanol–water partition coefficient (Wildman–Crippen LogP) is 6.79. The first-order chi connectivity index (χ1) is 11.2. The van der Waals surface area contributed by atoms with E-state index in [0.29, 0.717) is 5.92 Å². The highest BCUT2D eigenvalue weighted by Gasteiger charge is 2.09. The van der Waals surface area contributed by atoms with Gasteiger partial charge in [-0.25, -0.2) is 0 Å². The van der Waals surface area contributed by atoms with Gasteiger partial charge in [0.25, 0.3) is 0 Å². The lowest BCUT2D eigenvalue weighted by atomic mass is 9.89. The van der Waals surface area contributed by atoms with Crippen LogP contribution < -0.4 is 0 Å². The zero-order valence-electron chi connectivity index (χ0n) is 15.1. The SMILES string of the molecule is CCC(C)CC(C)c1ccc(CCCCc2ccccc2)cc1. The van der Waals surface area contributed by atoms with Crippen molar-refractivity contribution >= 4 is 0 Å². The fourth-order valence-electron chi connectivity index (χ4n) is 3.22. The van der Waals surface area contributed by atoms with E-state index >= 15 is 0 Å². The Balaban J connectivity index is 1.74. The Hall–Kier alpha value is -1.56. The fraction of sp³-hybridized carbons (Fsp3) is 0.478. The lowest BCUT2D eigenvalue weighted by Crippen LogP contribution is -2.01. The van der Waals surface area contributed by atoms with Crippen LogP contribution in [-0.4, -0.2) is 0 Å². The molecule has 124 valence electrons. The first-order valence-corrected chi connectivity index (χ1v) is 9.31. The Morgan fingerprint density at radius 1 is 0.739 bits per heavy atom. The molecule has 2 unspecified atom stereocenters. The van der Waals surface area contributed by atoms with E-state index in [2.05, 4.69) is 75.4 Å². The van der Waals surface area contributed by atoms with Crippen LogP contribution in [0.3, 0.4) is 0 Å². The summed E-state index contributed by atoms with van der Waals surface area (Å²) in [5.74, 6) is 1.50. The van der Waals surface area contributed by atoms with Crippen molar-refractivity contribution < 1.29 is 0 Å². The quantitative estimate of drug-likeness (QED) is 0.447. The molecule has 0 saturated heterocycles. The zero-order chi connectivity index (χ0) is 16.5. The number of rotatable bonds is 9. The molecule has 2 rings (SSSR count). The minimum Gasteiger partial charge on any atom is -0.0651 e. The number of hydrogen-bond donors (Lipinski definition) is 0. The van der Waals surface area contributed by atoms with Crippen molar-refractivity contribution in [2.75, 3.05) is 0 Å². The maximum absolute atomic E-state index is 2.36. The molecule has 23 heavy (non-hydrogen) atoms. The third kappa shape index (κ3) is 6.22. The van der Waals surface area contributed by atoms with Gasteiger partial charge in [0.15, 0.2) is 0 Å². The fourth-order valence-corrected chi connectivity index (χ4v) is 3.22. The maximum atomic E-state index is 2.36. The van der Waals surface area contributed by atoms with Gasteiger partial charge in [0.2, 0.25) is 0 Å². The van der Waals surface area contributed by atoms with Crippen molar-refractivity contribution in [2.45, 2.75) is 65.2 Å². The van der Waals surface area contributed by atoms with E-state index in [1.807, 2.05) is 0 Å². The Bertz CT molecular complexity index is 538. The highest BCUT2D eigenvalue weighted by atomic mass is 14.1. The van der Waals surface area contributed by atoms with Crippen LogP contribution in [0.15, 0.2) is 54.6 Å². The lowest BCUT2D eigenvalue weighted by Gasteiger charge is -2.16. The molecule has 2 atom stereocenters. The van der Waals surface area contributed by atoms with Crippen LogP contribution in [0.2, 0.25) is 0 Å². The summed E-state index contributed by atoms with van der Waals surface area (Å²) in [5, 5.41) is 0. The summed E-state index contributed by atoms with van der Waals surface area (Å²) in [5.41, 5.74) is 4.44. The molecule has 0 heterocycles. The summed E-state index contributed by atoms with van der Waals surface area (Å²) in [6.45, 7) is 7.01. The van der Waals surface area contributed by atoms with Crippen LogP contribution in [0.4, 0.5) is 0 Å². The molecule has 0 radical (unpaired) electrons. The van der Waals surface area contributed by atoms with Crippen molar-refractivity contribution in [3.63, 3.8) is 0 Å². The van der Waals surface area contributed by atoms with E-state index in [4.69, 9.17) is 0 Å². The number of hydrogen-bond acceptors (Lipinski definition) is 0. The van der Waals surface area contributed by atoms with E-state index < -0.39 is 0 Å². The Morgan fingerprint density at radius 2 is 1.30 bits per heavy atom. The second-order valence-corrected chi connectivity index (χ2v) is 7.08. The average Bonchev–Trinajstić information content (AvgIpc) is 2.60. The van der Waals surface area contributed by atoms with Gasteiger partial charge in [0.05, 0.1) is 0 Å². The standard InChI is InChI=1S/C23H32/c1-4-19(2)18-20(3)23-16-14-22(15-17-23)13-9-8-12-21-10-6-5-7-11-21/h5-7,10-11,14-17,19-20H,4,8-9,12-13,18H2,1-3H3. The Kier molecular flexibility index (Phi) is 7.39.